The molecule has 21 heavy (non-hydrogen) atoms. The number of aliphatic carboxylic acids is 1. The molecule has 6 heteroatoms. The van der Waals surface area contributed by atoms with Crippen LogP contribution in [0.25, 0.3) is 0 Å². The Morgan fingerprint density at radius 1 is 1.19 bits per heavy atom. The van der Waals surface area contributed by atoms with Crippen LogP contribution in [0.1, 0.15) is 58.3 Å². The van der Waals surface area contributed by atoms with Gasteiger partial charge < -0.3 is 15.7 Å². The molecule has 118 valence electrons. The number of hydrogen-bond donors (Lipinski definition) is 3. The predicted molar refractivity (Wildman–Crippen MR) is 76.5 cm³/mol. The summed E-state index contributed by atoms with van der Waals surface area (Å²) in [7, 11) is 0. The number of carboxylic acids is 1. The summed E-state index contributed by atoms with van der Waals surface area (Å²) in [6, 6.07) is -0.300. The van der Waals surface area contributed by atoms with Crippen LogP contribution in [0, 0.1) is 5.41 Å². The second-order valence-corrected chi connectivity index (χ2v) is 6.53. The minimum Gasteiger partial charge on any atom is -0.481 e. The fourth-order valence-corrected chi connectivity index (χ4v) is 3.11. The lowest BCUT2D eigenvalue weighted by Gasteiger charge is -2.27. The highest BCUT2D eigenvalue weighted by Crippen LogP contribution is 2.44. The van der Waals surface area contributed by atoms with Crippen LogP contribution in [-0.2, 0) is 14.4 Å². The molecular formula is C15H24N2O4. The molecule has 0 saturated heterocycles. The normalized spacial score (nSPS) is 21.6. The number of amides is 2. The van der Waals surface area contributed by atoms with Crippen LogP contribution in [-0.4, -0.2) is 35.0 Å². The van der Waals surface area contributed by atoms with Crippen LogP contribution in [0.4, 0.5) is 0 Å². The van der Waals surface area contributed by atoms with Gasteiger partial charge in [-0.1, -0.05) is 12.8 Å². The maximum Gasteiger partial charge on any atom is 0.303 e. The molecule has 2 saturated carbocycles. The van der Waals surface area contributed by atoms with Crippen LogP contribution in [0.3, 0.4) is 0 Å². The number of carbonyl (C=O) groups excluding carboxylic acids is 2. The fourth-order valence-electron chi connectivity index (χ4n) is 3.11. The topological polar surface area (TPSA) is 95.5 Å². The van der Waals surface area contributed by atoms with Gasteiger partial charge in [0.25, 0.3) is 0 Å². The SMILES string of the molecule is CC(NC(=O)CC1(CC(=O)O)CCCC1)C(=O)NC1CC1. The molecule has 2 aliphatic rings. The van der Waals surface area contributed by atoms with Crippen molar-refractivity contribution in [2.45, 2.75) is 70.4 Å². The highest BCUT2D eigenvalue weighted by atomic mass is 16.4. The molecular weight excluding hydrogens is 272 g/mol. The Morgan fingerprint density at radius 3 is 2.33 bits per heavy atom. The van der Waals surface area contributed by atoms with Gasteiger partial charge in [-0.3, -0.25) is 14.4 Å². The van der Waals surface area contributed by atoms with Crippen LogP contribution in [0.5, 0.6) is 0 Å². The van der Waals surface area contributed by atoms with Crippen molar-refractivity contribution in [2.24, 2.45) is 5.41 Å². The Kier molecular flexibility index (Phi) is 4.85. The van der Waals surface area contributed by atoms with Gasteiger partial charge in [-0.25, -0.2) is 0 Å². The number of carbonyl (C=O) groups is 3. The molecule has 0 heterocycles. The third-order valence-electron chi connectivity index (χ3n) is 4.42. The molecule has 2 amide bonds. The summed E-state index contributed by atoms with van der Waals surface area (Å²) >= 11 is 0. The first-order valence-corrected chi connectivity index (χ1v) is 7.72. The fraction of sp³-hybridized carbons (Fsp3) is 0.800. The van der Waals surface area contributed by atoms with Crippen molar-refractivity contribution in [3.8, 4) is 0 Å². The standard InChI is InChI=1S/C15H24N2O4/c1-10(14(21)17-11-4-5-11)16-12(18)8-15(9-13(19)20)6-2-3-7-15/h10-11H,2-9H2,1H3,(H,16,18)(H,17,21)(H,19,20). The van der Waals surface area contributed by atoms with E-state index >= 15 is 0 Å². The Hall–Kier alpha value is -1.59. The van der Waals surface area contributed by atoms with Gasteiger partial charge in [0.2, 0.25) is 11.8 Å². The summed E-state index contributed by atoms with van der Waals surface area (Å²) in [5.41, 5.74) is -0.428. The predicted octanol–water partition coefficient (Wildman–Crippen LogP) is 1.19. The van der Waals surface area contributed by atoms with Crippen LogP contribution >= 0.6 is 0 Å². The monoisotopic (exact) mass is 296 g/mol. The van der Waals surface area contributed by atoms with Gasteiger partial charge in [0.15, 0.2) is 0 Å². The largest absolute Gasteiger partial charge is 0.481 e. The van der Waals surface area contributed by atoms with Crippen molar-refractivity contribution < 1.29 is 19.5 Å². The molecule has 1 unspecified atom stereocenters. The summed E-state index contributed by atoms with van der Waals surface area (Å²) in [6.07, 6.45) is 5.73. The van der Waals surface area contributed by atoms with Crippen molar-refractivity contribution in [2.75, 3.05) is 0 Å². The molecule has 0 aliphatic heterocycles. The van der Waals surface area contributed by atoms with Crippen molar-refractivity contribution in [3.05, 3.63) is 0 Å². The zero-order valence-corrected chi connectivity index (χ0v) is 12.5. The molecule has 0 aromatic heterocycles. The zero-order valence-electron chi connectivity index (χ0n) is 12.5. The first kappa shape index (κ1) is 15.8. The first-order valence-electron chi connectivity index (χ1n) is 7.72. The molecule has 6 nitrogen and oxygen atoms in total. The first-order chi connectivity index (χ1) is 9.90. The molecule has 3 N–H and O–H groups in total. The Morgan fingerprint density at radius 2 is 1.81 bits per heavy atom. The summed E-state index contributed by atoms with van der Waals surface area (Å²) in [6.45, 7) is 1.66. The molecule has 0 aromatic rings. The van der Waals surface area contributed by atoms with E-state index in [1.54, 1.807) is 6.92 Å². The molecule has 0 spiro atoms. The molecule has 1 atom stereocenters. The summed E-state index contributed by atoms with van der Waals surface area (Å²) < 4.78 is 0. The molecule has 2 rings (SSSR count). The van der Waals surface area contributed by atoms with Gasteiger partial charge in [0.05, 0.1) is 6.42 Å². The second-order valence-electron chi connectivity index (χ2n) is 6.53. The summed E-state index contributed by atoms with van der Waals surface area (Å²) in [5.74, 6) is -1.25. The Bertz CT molecular complexity index is 425. The molecule has 2 fully saturated rings. The average Bonchev–Trinajstić information content (AvgIpc) is 3.07. The number of hydrogen-bond acceptors (Lipinski definition) is 3. The van der Waals surface area contributed by atoms with E-state index in [0.717, 1.165) is 38.5 Å². The van der Waals surface area contributed by atoms with Gasteiger partial charge in [0.1, 0.15) is 6.04 Å². The summed E-state index contributed by atoms with van der Waals surface area (Å²) in [4.78, 5) is 34.9. The van der Waals surface area contributed by atoms with E-state index in [-0.39, 0.29) is 30.7 Å². The van der Waals surface area contributed by atoms with Crippen LogP contribution in [0.2, 0.25) is 0 Å². The van der Waals surface area contributed by atoms with E-state index < -0.39 is 17.4 Å². The minimum absolute atomic E-state index is 0.0308. The highest BCUT2D eigenvalue weighted by Gasteiger charge is 2.38. The maximum atomic E-state index is 12.1. The van der Waals surface area contributed by atoms with Gasteiger partial charge in [0, 0.05) is 12.5 Å². The third kappa shape index (κ3) is 4.72. The van der Waals surface area contributed by atoms with E-state index in [4.69, 9.17) is 5.11 Å². The van der Waals surface area contributed by atoms with Gasteiger partial charge in [-0.2, -0.15) is 0 Å². The van der Waals surface area contributed by atoms with Gasteiger partial charge >= 0.3 is 5.97 Å². The van der Waals surface area contributed by atoms with Crippen molar-refractivity contribution >= 4 is 17.8 Å². The average molecular weight is 296 g/mol. The highest BCUT2D eigenvalue weighted by molar-refractivity contribution is 5.88. The number of rotatable bonds is 7. The molecule has 0 radical (unpaired) electrons. The van der Waals surface area contributed by atoms with Gasteiger partial charge in [-0.05, 0) is 38.0 Å². The van der Waals surface area contributed by atoms with Crippen LogP contribution < -0.4 is 10.6 Å². The van der Waals surface area contributed by atoms with E-state index in [1.807, 2.05) is 0 Å². The zero-order chi connectivity index (χ0) is 15.5. The molecule has 0 bridgehead atoms. The van der Waals surface area contributed by atoms with Crippen molar-refractivity contribution in [3.63, 3.8) is 0 Å². The number of carboxylic acid groups (broad SMARTS) is 1. The number of nitrogens with one attached hydrogen (secondary N) is 2. The molecule has 0 aromatic carbocycles. The van der Waals surface area contributed by atoms with E-state index in [1.165, 1.54) is 0 Å². The Balaban J connectivity index is 1.83. The van der Waals surface area contributed by atoms with E-state index in [2.05, 4.69) is 10.6 Å². The lowest BCUT2D eigenvalue weighted by atomic mass is 9.79. The van der Waals surface area contributed by atoms with Crippen LogP contribution in [0.15, 0.2) is 0 Å². The second kappa shape index (κ2) is 6.45. The van der Waals surface area contributed by atoms with E-state index in [9.17, 15) is 14.4 Å². The minimum atomic E-state index is -0.857. The van der Waals surface area contributed by atoms with Gasteiger partial charge in [-0.15, -0.1) is 0 Å². The summed E-state index contributed by atoms with van der Waals surface area (Å²) in [5, 5.41) is 14.6. The lowest BCUT2D eigenvalue weighted by Crippen LogP contribution is -2.46. The maximum absolute atomic E-state index is 12.1. The van der Waals surface area contributed by atoms with Crippen molar-refractivity contribution in [1.29, 1.82) is 0 Å². The quantitative estimate of drug-likeness (QED) is 0.657. The smallest absolute Gasteiger partial charge is 0.303 e. The van der Waals surface area contributed by atoms with E-state index in [0.29, 0.717) is 0 Å². The molecule has 2 aliphatic carbocycles. The lowest BCUT2D eigenvalue weighted by molar-refractivity contribution is -0.140. The van der Waals surface area contributed by atoms with Crippen molar-refractivity contribution in [1.82, 2.24) is 10.6 Å². The third-order valence-corrected chi connectivity index (χ3v) is 4.42. The Labute approximate surface area is 124 Å².